The molecule has 0 saturated carbocycles. The maximum atomic E-state index is 5.54. The number of aromatic nitrogens is 3. The monoisotopic (exact) mass is 176 g/mol. The minimum absolute atomic E-state index is 0.500. The van der Waals surface area contributed by atoms with E-state index in [1.807, 2.05) is 25.3 Å². The van der Waals surface area contributed by atoms with E-state index < -0.39 is 0 Å². The SMILES string of the molecule is Cc1c(-c2ccc[nH]2)n[nH]c1CN. The topological polar surface area (TPSA) is 70.5 Å². The Balaban J connectivity index is 2.48. The van der Waals surface area contributed by atoms with Crippen molar-refractivity contribution in [3.63, 3.8) is 0 Å². The van der Waals surface area contributed by atoms with E-state index in [0.29, 0.717) is 6.54 Å². The van der Waals surface area contributed by atoms with Crippen molar-refractivity contribution in [2.24, 2.45) is 5.73 Å². The molecule has 4 N–H and O–H groups in total. The maximum absolute atomic E-state index is 5.54. The molecule has 0 radical (unpaired) electrons. The number of rotatable bonds is 2. The van der Waals surface area contributed by atoms with Gasteiger partial charge in [-0.05, 0) is 19.1 Å². The molecule has 0 aromatic carbocycles. The molecule has 2 aromatic rings. The number of nitrogens with one attached hydrogen (secondary N) is 2. The van der Waals surface area contributed by atoms with Crippen LogP contribution in [0.25, 0.3) is 11.4 Å². The third kappa shape index (κ3) is 1.25. The third-order valence-corrected chi connectivity index (χ3v) is 2.17. The molecule has 0 unspecified atom stereocenters. The van der Waals surface area contributed by atoms with Crippen molar-refractivity contribution in [3.8, 4) is 11.4 Å². The number of H-pyrrole nitrogens is 2. The Hall–Kier alpha value is -1.55. The fourth-order valence-corrected chi connectivity index (χ4v) is 1.37. The molecule has 0 atom stereocenters. The van der Waals surface area contributed by atoms with Crippen molar-refractivity contribution in [1.29, 1.82) is 0 Å². The molecule has 0 bridgehead atoms. The number of nitrogens with two attached hydrogens (primary N) is 1. The first kappa shape index (κ1) is 8.07. The highest BCUT2D eigenvalue weighted by Crippen LogP contribution is 2.20. The predicted octanol–water partition coefficient (Wildman–Crippen LogP) is 1.17. The minimum Gasteiger partial charge on any atom is -0.360 e. The quantitative estimate of drug-likeness (QED) is 0.642. The van der Waals surface area contributed by atoms with Gasteiger partial charge in [0.05, 0.1) is 11.4 Å². The molecular formula is C9H12N4. The minimum atomic E-state index is 0.500. The number of hydrogen-bond acceptors (Lipinski definition) is 2. The first-order valence-electron chi connectivity index (χ1n) is 4.20. The van der Waals surface area contributed by atoms with Crippen molar-refractivity contribution in [2.45, 2.75) is 13.5 Å². The van der Waals surface area contributed by atoms with Gasteiger partial charge in [0.1, 0.15) is 5.69 Å². The van der Waals surface area contributed by atoms with Crippen LogP contribution in [0, 0.1) is 6.92 Å². The second-order valence-electron chi connectivity index (χ2n) is 2.96. The van der Waals surface area contributed by atoms with Crippen LogP contribution in [-0.4, -0.2) is 15.2 Å². The molecule has 4 nitrogen and oxygen atoms in total. The van der Waals surface area contributed by atoms with Crippen LogP contribution in [0.2, 0.25) is 0 Å². The van der Waals surface area contributed by atoms with E-state index in [-0.39, 0.29) is 0 Å². The van der Waals surface area contributed by atoms with Crippen LogP contribution >= 0.6 is 0 Å². The molecule has 0 aliphatic carbocycles. The molecule has 0 amide bonds. The van der Waals surface area contributed by atoms with E-state index in [4.69, 9.17) is 5.73 Å². The molecule has 0 saturated heterocycles. The summed E-state index contributed by atoms with van der Waals surface area (Å²) in [4.78, 5) is 3.11. The van der Waals surface area contributed by atoms with E-state index >= 15 is 0 Å². The van der Waals surface area contributed by atoms with E-state index in [2.05, 4.69) is 15.2 Å². The van der Waals surface area contributed by atoms with Crippen LogP contribution < -0.4 is 5.73 Å². The number of aromatic amines is 2. The summed E-state index contributed by atoms with van der Waals surface area (Å²) in [7, 11) is 0. The summed E-state index contributed by atoms with van der Waals surface area (Å²) in [6, 6.07) is 3.94. The van der Waals surface area contributed by atoms with Gasteiger partial charge in [-0.3, -0.25) is 5.10 Å². The average molecular weight is 176 g/mol. The Morgan fingerprint density at radius 2 is 2.38 bits per heavy atom. The van der Waals surface area contributed by atoms with Crippen molar-refractivity contribution in [3.05, 3.63) is 29.6 Å². The zero-order valence-electron chi connectivity index (χ0n) is 7.46. The van der Waals surface area contributed by atoms with Gasteiger partial charge in [-0.1, -0.05) is 0 Å². The highest BCUT2D eigenvalue weighted by atomic mass is 15.1. The lowest BCUT2D eigenvalue weighted by molar-refractivity contribution is 0.941. The standard InChI is InChI=1S/C9H12N4/c1-6-8(5-10)12-13-9(6)7-3-2-4-11-7/h2-4,11H,5,10H2,1H3,(H,12,13). The molecule has 0 spiro atoms. The van der Waals surface area contributed by atoms with Crippen molar-refractivity contribution < 1.29 is 0 Å². The number of nitrogens with zero attached hydrogens (tertiary/aromatic N) is 1. The van der Waals surface area contributed by atoms with Crippen molar-refractivity contribution in [2.75, 3.05) is 0 Å². The fourth-order valence-electron chi connectivity index (χ4n) is 1.37. The normalized spacial score (nSPS) is 10.6. The fraction of sp³-hybridized carbons (Fsp3) is 0.222. The molecule has 0 fully saturated rings. The van der Waals surface area contributed by atoms with Gasteiger partial charge in [-0.15, -0.1) is 0 Å². The summed E-state index contributed by atoms with van der Waals surface area (Å²) in [6.07, 6.45) is 1.88. The highest BCUT2D eigenvalue weighted by molar-refractivity contribution is 5.59. The summed E-state index contributed by atoms with van der Waals surface area (Å²) >= 11 is 0. The molecule has 68 valence electrons. The zero-order valence-corrected chi connectivity index (χ0v) is 7.46. The van der Waals surface area contributed by atoms with Crippen LogP contribution in [0.5, 0.6) is 0 Å². The lowest BCUT2D eigenvalue weighted by Crippen LogP contribution is -1.98. The Kier molecular flexibility index (Phi) is 1.90. The Bertz CT molecular complexity index is 386. The van der Waals surface area contributed by atoms with E-state index in [9.17, 15) is 0 Å². The molecular weight excluding hydrogens is 164 g/mol. The molecule has 2 rings (SSSR count). The molecule has 13 heavy (non-hydrogen) atoms. The van der Waals surface area contributed by atoms with Gasteiger partial charge in [0.15, 0.2) is 0 Å². The Morgan fingerprint density at radius 3 is 2.92 bits per heavy atom. The van der Waals surface area contributed by atoms with Crippen LogP contribution in [-0.2, 0) is 6.54 Å². The third-order valence-electron chi connectivity index (χ3n) is 2.17. The first-order valence-corrected chi connectivity index (χ1v) is 4.20. The van der Waals surface area contributed by atoms with E-state index in [1.165, 1.54) is 0 Å². The van der Waals surface area contributed by atoms with Gasteiger partial charge in [-0.25, -0.2) is 0 Å². The smallest absolute Gasteiger partial charge is 0.111 e. The van der Waals surface area contributed by atoms with Gasteiger partial charge < -0.3 is 10.7 Å². The van der Waals surface area contributed by atoms with Gasteiger partial charge in [0.2, 0.25) is 0 Å². The van der Waals surface area contributed by atoms with Crippen molar-refractivity contribution in [1.82, 2.24) is 15.2 Å². The average Bonchev–Trinajstić information content (AvgIpc) is 2.72. The molecule has 2 heterocycles. The predicted molar refractivity (Wildman–Crippen MR) is 51.0 cm³/mol. The lowest BCUT2D eigenvalue weighted by atomic mass is 10.1. The molecule has 2 aromatic heterocycles. The van der Waals surface area contributed by atoms with Gasteiger partial charge in [0.25, 0.3) is 0 Å². The second-order valence-corrected chi connectivity index (χ2v) is 2.96. The number of hydrogen-bond donors (Lipinski definition) is 3. The van der Waals surface area contributed by atoms with E-state index in [1.54, 1.807) is 0 Å². The summed E-state index contributed by atoms with van der Waals surface area (Å²) in [5, 5.41) is 7.11. The van der Waals surface area contributed by atoms with Gasteiger partial charge in [-0.2, -0.15) is 5.10 Å². The molecule has 0 aliphatic heterocycles. The molecule has 0 aliphatic rings. The van der Waals surface area contributed by atoms with Gasteiger partial charge in [0, 0.05) is 18.3 Å². The van der Waals surface area contributed by atoms with Crippen LogP contribution in [0.1, 0.15) is 11.3 Å². The Morgan fingerprint density at radius 1 is 1.54 bits per heavy atom. The molecule has 4 heteroatoms. The van der Waals surface area contributed by atoms with E-state index in [0.717, 1.165) is 22.6 Å². The summed E-state index contributed by atoms with van der Waals surface area (Å²) in [6.45, 7) is 2.52. The largest absolute Gasteiger partial charge is 0.360 e. The summed E-state index contributed by atoms with van der Waals surface area (Å²) in [5.74, 6) is 0. The second kappa shape index (κ2) is 3.06. The maximum Gasteiger partial charge on any atom is 0.111 e. The van der Waals surface area contributed by atoms with Gasteiger partial charge >= 0.3 is 0 Å². The summed E-state index contributed by atoms with van der Waals surface area (Å²) < 4.78 is 0. The summed E-state index contributed by atoms with van der Waals surface area (Å²) in [5.41, 5.74) is 9.61. The van der Waals surface area contributed by atoms with Crippen LogP contribution in [0.15, 0.2) is 18.3 Å². The lowest BCUT2D eigenvalue weighted by Gasteiger charge is -1.94. The van der Waals surface area contributed by atoms with Crippen LogP contribution in [0.4, 0.5) is 0 Å². The first-order chi connectivity index (χ1) is 6.33. The zero-order chi connectivity index (χ0) is 9.26. The Labute approximate surface area is 76.2 Å². The van der Waals surface area contributed by atoms with Crippen molar-refractivity contribution >= 4 is 0 Å². The highest BCUT2D eigenvalue weighted by Gasteiger charge is 2.09. The van der Waals surface area contributed by atoms with Crippen LogP contribution in [0.3, 0.4) is 0 Å².